The van der Waals surface area contributed by atoms with Crippen molar-refractivity contribution in [2.24, 2.45) is 14.1 Å². The van der Waals surface area contributed by atoms with Crippen LogP contribution in [0, 0.1) is 18.3 Å². The predicted molar refractivity (Wildman–Crippen MR) is 93.5 cm³/mol. The van der Waals surface area contributed by atoms with Crippen molar-refractivity contribution in [3.8, 4) is 11.8 Å². The van der Waals surface area contributed by atoms with Crippen LogP contribution in [-0.2, 0) is 18.8 Å². The summed E-state index contributed by atoms with van der Waals surface area (Å²) in [5.74, 6) is 0.838. The number of aromatic nitrogens is 2. The minimum Gasteiger partial charge on any atom is -0.491 e. The second-order valence-electron chi connectivity index (χ2n) is 5.48. The number of aryl methyl sites for hydroxylation is 1. The van der Waals surface area contributed by atoms with E-state index in [1.807, 2.05) is 19.1 Å². The summed E-state index contributed by atoms with van der Waals surface area (Å²) in [4.78, 5) is 24.2. The number of hydrogen-bond donors (Lipinski definition) is 1. The largest absolute Gasteiger partial charge is 0.491 e. The summed E-state index contributed by atoms with van der Waals surface area (Å²) in [5, 5.41) is 12.3. The smallest absolute Gasteiger partial charge is 0.332 e. The lowest BCUT2D eigenvalue weighted by atomic mass is 10.2. The normalized spacial score (nSPS) is 10.4. The molecule has 0 saturated heterocycles. The van der Waals surface area contributed by atoms with Gasteiger partial charge in [-0.2, -0.15) is 5.26 Å². The molecule has 1 aromatic heterocycles. The summed E-state index contributed by atoms with van der Waals surface area (Å²) in [6, 6.07) is 7.21. The summed E-state index contributed by atoms with van der Waals surface area (Å²) < 4.78 is 12.6. The number of nitrogens with one attached hydrogen (secondary N) is 1. The van der Waals surface area contributed by atoms with E-state index in [2.05, 4.69) is 5.32 Å². The Labute approximate surface area is 144 Å². The molecule has 0 aliphatic carbocycles. The molecule has 25 heavy (non-hydrogen) atoms. The van der Waals surface area contributed by atoms with Gasteiger partial charge in [0.2, 0.25) is 0 Å². The van der Waals surface area contributed by atoms with Crippen molar-refractivity contribution in [2.45, 2.75) is 6.92 Å². The summed E-state index contributed by atoms with van der Waals surface area (Å²) in [7, 11) is 4.44. The number of nitriles is 1. The van der Waals surface area contributed by atoms with Crippen LogP contribution in [0.2, 0.25) is 0 Å². The van der Waals surface area contributed by atoms with Crippen LogP contribution in [0.5, 0.6) is 5.75 Å². The van der Waals surface area contributed by atoms with Gasteiger partial charge >= 0.3 is 5.69 Å². The number of anilines is 2. The number of methoxy groups -OCH3 is 1. The van der Waals surface area contributed by atoms with E-state index < -0.39 is 11.2 Å². The van der Waals surface area contributed by atoms with Crippen molar-refractivity contribution in [3.63, 3.8) is 0 Å². The highest BCUT2D eigenvalue weighted by Crippen LogP contribution is 2.25. The molecule has 8 nitrogen and oxygen atoms in total. The highest BCUT2D eigenvalue weighted by molar-refractivity contribution is 5.66. The molecule has 0 atom stereocenters. The van der Waals surface area contributed by atoms with Crippen molar-refractivity contribution in [1.29, 1.82) is 5.26 Å². The van der Waals surface area contributed by atoms with Gasteiger partial charge in [-0.05, 0) is 30.7 Å². The topological polar surface area (TPSA) is 98.3 Å². The van der Waals surface area contributed by atoms with Gasteiger partial charge < -0.3 is 14.8 Å². The number of rotatable bonds is 6. The van der Waals surface area contributed by atoms with Crippen molar-refractivity contribution >= 4 is 11.5 Å². The zero-order valence-electron chi connectivity index (χ0n) is 14.6. The lowest BCUT2D eigenvalue weighted by molar-refractivity contribution is 0.146. The third kappa shape index (κ3) is 3.72. The maximum atomic E-state index is 12.1. The van der Waals surface area contributed by atoms with E-state index in [1.165, 1.54) is 18.7 Å². The van der Waals surface area contributed by atoms with Gasteiger partial charge in [-0.25, -0.2) is 4.79 Å². The van der Waals surface area contributed by atoms with E-state index in [4.69, 9.17) is 9.47 Å². The SMILES string of the molecule is COCCOc1ccc(Nc2c(C#N)c(=O)n(C)c(=O)n2C)c(C)c1. The molecular weight excluding hydrogens is 324 g/mol. The first kappa shape index (κ1) is 18.3. The Kier molecular flexibility index (Phi) is 5.62. The average molecular weight is 344 g/mol. The molecule has 1 aromatic carbocycles. The fourth-order valence-electron chi connectivity index (χ4n) is 2.33. The van der Waals surface area contributed by atoms with Crippen LogP contribution in [0.25, 0.3) is 0 Å². The van der Waals surface area contributed by atoms with Crippen LogP contribution in [0.4, 0.5) is 11.5 Å². The maximum Gasteiger partial charge on any atom is 0.332 e. The van der Waals surface area contributed by atoms with Crippen LogP contribution in [0.1, 0.15) is 11.1 Å². The molecule has 2 rings (SSSR count). The number of hydrogen-bond acceptors (Lipinski definition) is 6. The van der Waals surface area contributed by atoms with Crippen LogP contribution < -0.4 is 21.3 Å². The molecule has 0 bridgehead atoms. The summed E-state index contributed by atoms with van der Waals surface area (Å²) >= 11 is 0. The molecule has 132 valence electrons. The molecule has 0 radical (unpaired) electrons. The van der Waals surface area contributed by atoms with E-state index in [0.717, 1.165) is 10.1 Å². The van der Waals surface area contributed by atoms with Crippen LogP contribution in [-0.4, -0.2) is 29.5 Å². The summed E-state index contributed by atoms with van der Waals surface area (Å²) in [6.07, 6.45) is 0. The van der Waals surface area contributed by atoms with Gasteiger partial charge in [-0.1, -0.05) is 0 Å². The van der Waals surface area contributed by atoms with Gasteiger partial charge in [0.25, 0.3) is 5.56 Å². The fourth-order valence-corrected chi connectivity index (χ4v) is 2.33. The molecule has 0 amide bonds. The van der Waals surface area contributed by atoms with Gasteiger partial charge in [-0.15, -0.1) is 0 Å². The summed E-state index contributed by atoms with van der Waals surface area (Å²) in [5.41, 5.74) is 0.240. The van der Waals surface area contributed by atoms with Crippen molar-refractivity contribution < 1.29 is 9.47 Å². The first-order valence-corrected chi connectivity index (χ1v) is 7.60. The molecule has 0 saturated carbocycles. The minimum atomic E-state index is -0.634. The van der Waals surface area contributed by atoms with Crippen molar-refractivity contribution in [3.05, 3.63) is 50.2 Å². The first-order chi connectivity index (χ1) is 11.9. The molecule has 1 heterocycles. The molecule has 0 aliphatic heterocycles. The predicted octanol–water partition coefficient (Wildman–Crippen LogP) is 1.03. The van der Waals surface area contributed by atoms with E-state index in [0.29, 0.717) is 24.7 Å². The molecule has 0 aliphatic rings. The third-order valence-corrected chi connectivity index (χ3v) is 3.78. The van der Waals surface area contributed by atoms with Crippen LogP contribution in [0.15, 0.2) is 27.8 Å². The Bertz CT molecular complexity index is 937. The van der Waals surface area contributed by atoms with Gasteiger partial charge in [0.05, 0.1) is 6.61 Å². The monoisotopic (exact) mass is 344 g/mol. The van der Waals surface area contributed by atoms with E-state index in [9.17, 15) is 14.9 Å². The minimum absolute atomic E-state index is 0.121. The van der Waals surface area contributed by atoms with Crippen LogP contribution >= 0.6 is 0 Å². The lowest BCUT2D eigenvalue weighted by Crippen LogP contribution is -2.39. The Hall–Kier alpha value is -3.05. The number of ether oxygens (including phenoxy) is 2. The Morgan fingerprint density at radius 2 is 1.92 bits per heavy atom. The van der Waals surface area contributed by atoms with Gasteiger partial charge in [0, 0.05) is 26.9 Å². The number of nitrogens with zero attached hydrogens (tertiary/aromatic N) is 3. The highest BCUT2D eigenvalue weighted by Gasteiger charge is 2.16. The summed E-state index contributed by atoms with van der Waals surface area (Å²) in [6.45, 7) is 2.78. The second-order valence-corrected chi connectivity index (χ2v) is 5.48. The van der Waals surface area contributed by atoms with E-state index in [1.54, 1.807) is 19.2 Å². The maximum absolute atomic E-state index is 12.1. The molecular formula is C17H20N4O4. The van der Waals surface area contributed by atoms with Gasteiger partial charge in [-0.3, -0.25) is 13.9 Å². The standard InChI is InChI=1S/C17H20N4O4/c1-11-9-12(25-8-7-24-4)5-6-14(11)19-15-13(10-18)16(22)21(3)17(23)20(15)2/h5-6,9,19H,7-8H2,1-4H3. The van der Waals surface area contributed by atoms with Gasteiger partial charge in [0.1, 0.15) is 24.2 Å². The van der Waals surface area contributed by atoms with Crippen LogP contribution in [0.3, 0.4) is 0 Å². The average Bonchev–Trinajstić information content (AvgIpc) is 2.60. The zero-order valence-corrected chi connectivity index (χ0v) is 14.6. The Balaban J connectivity index is 2.39. The molecule has 0 fully saturated rings. The van der Waals surface area contributed by atoms with Crippen molar-refractivity contribution in [2.75, 3.05) is 25.6 Å². The fraction of sp³-hybridized carbons (Fsp3) is 0.353. The Morgan fingerprint density at radius 3 is 2.52 bits per heavy atom. The van der Waals surface area contributed by atoms with E-state index in [-0.39, 0.29) is 11.4 Å². The molecule has 0 spiro atoms. The molecule has 0 unspecified atom stereocenters. The Morgan fingerprint density at radius 1 is 1.20 bits per heavy atom. The quantitative estimate of drug-likeness (QED) is 0.786. The zero-order chi connectivity index (χ0) is 18.6. The second kappa shape index (κ2) is 7.68. The number of benzene rings is 1. The lowest BCUT2D eigenvalue weighted by Gasteiger charge is -2.16. The molecule has 8 heteroatoms. The van der Waals surface area contributed by atoms with Gasteiger partial charge in [0.15, 0.2) is 5.56 Å². The highest BCUT2D eigenvalue weighted by atomic mass is 16.5. The first-order valence-electron chi connectivity index (χ1n) is 7.60. The van der Waals surface area contributed by atoms with Crippen molar-refractivity contribution in [1.82, 2.24) is 9.13 Å². The molecule has 2 aromatic rings. The third-order valence-electron chi connectivity index (χ3n) is 3.78. The van der Waals surface area contributed by atoms with E-state index >= 15 is 0 Å². The molecule has 1 N–H and O–H groups in total.